The summed E-state index contributed by atoms with van der Waals surface area (Å²) in [6.07, 6.45) is 0. The van der Waals surface area contributed by atoms with Crippen LogP contribution in [-0.4, -0.2) is 25.0 Å². The molecule has 17 heavy (non-hydrogen) atoms. The second kappa shape index (κ2) is 5.71. The average molecular weight is 235 g/mol. The molecule has 0 bridgehead atoms. The number of carbonyl (C=O) groups is 1. The summed E-state index contributed by atoms with van der Waals surface area (Å²) < 4.78 is 5.30. The van der Waals surface area contributed by atoms with Crippen LogP contribution in [0.5, 0.6) is 5.75 Å². The molecule has 1 amide bonds. The minimum absolute atomic E-state index is 0.0239. The largest absolute Gasteiger partial charge is 0.496 e. The summed E-state index contributed by atoms with van der Waals surface area (Å²) in [6, 6.07) is 6.01. The first-order chi connectivity index (χ1) is 7.95. The highest BCUT2D eigenvalue weighted by Gasteiger charge is 2.14. The van der Waals surface area contributed by atoms with Gasteiger partial charge in [-0.3, -0.25) is 4.79 Å². The fourth-order valence-electron chi connectivity index (χ4n) is 1.81. The minimum Gasteiger partial charge on any atom is -0.496 e. The van der Waals surface area contributed by atoms with E-state index in [1.807, 2.05) is 40.0 Å². The highest BCUT2D eigenvalue weighted by Crippen LogP contribution is 2.21. The van der Waals surface area contributed by atoms with Crippen molar-refractivity contribution >= 4 is 5.91 Å². The predicted molar refractivity (Wildman–Crippen MR) is 69.0 cm³/mol. The maximum atomic E-state index is 11.8. The fraction of sp³-hybridized carbons (Fsp3) is 0.500. The first-order valence-corrected chi connectivity index (χ1v) is 5.84. The zero-order valence-electron chi connectivity index (χ0n) is 11.3. The highest BCUT2D eigenvalue weighted by molar-refractivity contribution is 5.77. The van der Waals surface area contributed by atoms with Crippen molar-refractivity contribution in [3.8, 4) is 5.75 Å². The van der Waals surface area contributed by atoms with Crippen LogP contribution >= 0.6 is 0 Å². The Labute approximate surface area is 103 Å². The van der Waals surface area contributed by atoms with Gasteiger partial charge in [-0.05, 0) is 13.0 Å². The van der Waals surface area contributed by atoms with E-state index < -0.39 is 0 Å². The molecule has 0 N–H and O–H groups in total. The predicted octanol–water partition coefficient (Wildman–Crippen LogP) is 2.62. The Kier molecular flexibility index (Phi) is 4.55. The number of methoxy groups -OCH3 is 1. The molecule has 0 unspecified atom stereocenters. The second-order valence-corrected chi connectivity index (χ2v) is 4.66. The Morgan fingerprint density at radius 1 is 1.41 bits per heavy atom. The third kappa shape index (κ3) is 3.48. The molecule has 1 aromatic carbocycles. The molecule has 3 heteroatoms. The fourth-order valence-corrected chi connectivity index (χ4v) is 1.81. The first kappa shape index (κ1) is 13.6. The van der Waals surface area contributed by atoms with Crippen molar-refractivity contribution in [1.29, 1.82) is 0 Å². The van der Waals surface area contributed by atoms with Crippen LogP contribution in [0.3, 0.4) is 0 Å². The lowest BCUT2D eigenvalue weighted by molar-refractivity contribution is -0.133. The number of ether oxygens (including phenoxy) is 1. The van der Waals surface area contributed by atoms with Gasteiger partial charge in [-0.2, -0.15) is 0 Å². The summed E-state index contributed by atoms with van der Waals surface area (Å²) in [4.78, 5) is 13.6. The van der Waals surface area contributed by atoms with Gasteiger partial charge >= 0.3 is 0 Å². The number of hydrogen-bond acceptors (Lipinski definition) is 2. The number of aryl methyl sites for hydroxylation is 1. The molecule has 0 heterocycles. The Morgan fingerprint density at radius 2 is 2.06 bits per heavy atom. The molecule has 1 aromatic rings. The van der Waals surface area contributed by atoms with Gasteiger partial charge in [0.1, 0.15) is 5.75 Å². The number of nitrogens with zero attached hydrogens (tertiary/aromatic N) is 1. The Hall–Kier alpha value is -1.51. The van der Waals surface area contributed by atoms with Gasteiger partial charge in [0.25, 0.3) is 0 Å². The van der Waals surface area contributed by atoms with Crippen molar-refractivity contribution in [3.05, 3.63) is 29.3 Å². The van der Waals surface area contributed by atoms with Gasteiger partial charge in [0.15, 0.2) is 0 Å². The lowest BCUT2D eigenvalue weighted by Gasteiger charge is -2.21. The number of amides is 1. The summed E-state index contributed by atoms with van der Waals surface area (Å²) in [5, 5.41) is 0. The SMILES string of the molecule is COc1ccc(C)cc1CN(C)C(=O)C(C)C. The van der Waals surface area contributed by atoms with Crippen molar-refractivity contribution in [2.75, 3.05) is 14.2 Å². The summed E-state index contributed by atoms with van der Waals surface area (Å²) in [7, 11) is 3.47. The van der Waals surface area contributed by atoms with E-state index in [0.29, 0.717) is 6.54 Å². The van der Waals surface area contributed by atoms with Crippen LogP contribution in [0, 0.1) is 12.8 Å². The van der Waals surface area contributed by atoms with Crippen LogP contribution in [0.25, 0.3) is 0 Å². The van der Waals surface area contributed by atoms with Crippen molar-refractivity contribution in [2.24, 2.45) is 5.92 Å². The smallest absolute Gasteiger partial charge is 0.225 e. The zero-order valence-corrected chi connectivity index (χ0v) is 11.3. The third-order valence-electron chi connectivity index (χ3n) is 2.71. The van der Waals surface area contributed by atoms with E-state index >= 15 is 0 Å². The lowest BCUT2D eigenvalue weighted by atomic mass is 10.1. The molecule has 0 aliphatic carbocycles. The van der Waals surface area contributed by atoms with Crippen LogP contribution in [-0.2, 0) is 11.3 Å². The molecule has 0 saturated heterocycles. The Balaban J connectivity index is 2.87. The third-order valence-corrected chi connectivity index (χ3v) is 2.71. The first-order valence-electron chi connectivity index (χ1n) is 5.84. The number of hydrogen-bond donors (Lipinski definition) is 0. The molecule has 0 atom stereocenters. The van der Waals surface area contributed by atoms with Crippen LogP contribution in [0.15, 0.2) is 18.2 Å². The Bertz CT molecular complexity index is 399. The van der Waals surface area contributed by atoms with Gasteiger partial charge in [0.2, 0.25) is 5.91 Å². The molecule has 0 aromatic heterocycles. The second-order valence-electron chi connectivity index (χ2n) is 4.66. The lowest BCUT2D eigenvalue weighted by Crippen LogP contribution is -2.30. The molecule has 0 radical (unpaired) electrons. The maximum absolute atomic E-state index is 11.8. The minimum atomic E-state index is 0.0239. The molecule has 3 nitrogen and oxygen atoms in total. The van der Waals surface area contributed by atoms with Crippen LogP contribution < -0.4 is 4.74 Å². The van der Waals surface area contributed by atoms with Gasteiger partial charge in [-0.15, -0.1) is 0 Å². The molecule has 1 rings (SSSR count). The van der Waals surface area contributed by atoms with Crippen LogP contribution in [0.2, 0.25) is 0 Å². The summed E-state index contributed by atoms with van der Waals surface area (Å²) in [5.74, 6) is 1.00. The van der Waals surface area contributed by atoms with E-state index in [4.69, 9.17) is 4.74 Å². The van der Waals surface area contributed by atoms with E-state index in [9.17, 15) is 4.79 Å². The number of rotatable bonds is 4. The topological polar surface area (TPSA) is 29.5 Å². The highest BCUT2D eigenvalue weighted by atomic mass is 16.5. The molecule has 0 spiro atoms. The van der Waals surface area contributed by atoms with Crippen LogP contribution in [0.1, 0.15) is 25.0 Å². The van der Waals surface area contributed by atoms with Crippen molar-refractivity contribution < 1.29 is 9.53 Å². The molecule has 0 fully saturated rings. The van der Waals surface area contributed by atoms with Crippen molar-refractivity contribution in [1.82, 2.24) is 4.90 Å². The average Bonchev–Trinajstić information content (AvgIpc) is 2.28. The number of benzene rings is 1. The van der Waals surface area contributed by atoms with Gasteiger partial charge < -0.3 is 9.64 Å². The summed E-state index contributed by atoms with van der Waals surface area (Å²) in [5.41, 5.74) is 2.22. The molecule has 0 saturated carbocycles. The molecular formula is C14H21NO2. The molecule has 0 aliphatic heterocycles. The normalized spacial score (nSPS) is 10.5. The van der Waals surface area contributed by atoms with E-state index in [1.165, 1.54) is 5.56 Å². The van der Waals surface area contributed by atoms with Gasteiger partial charge in [-0.25, -0.2) is 0 Å². The van der Waals surface area contributed by atoms with Gasteiger partial charge in [0, 0.05) is 25.1 Å². The zero-order chi connectivity index (χ0) is 13.0. The van der Waals surface area contributed by atoms with Crippen molar-refractivity contribution in [3.63, 3.8) is 0 Å². The van der Waals surface area contributed by atoms with Crippen molar-refractivity contribution in [2.45, 2.75) is 27.3 Å². The Morgan fingerprint density at radius 3 is 2.59 bits per heavy atom. The monoisotopic (exact) mass is 235 g/mol. The molecule has 0 aliphatic rings. The van der Waals surface area contributed by atoms with Crippen LogP contribution in [0.4, 0.5) is 0 Å². The van der Waals surface area contributed by atoms with E-state index in [-0.39, 0.29) is 11.8 Å². The van der Waals surface area contributed by atoms with E-state index in [2.05, 4.69) is 6.07 Å². The quantitative estimate of drug-likeness (QED) is 0.803. The van der Waals surface area contributed by atoms with Gasteiger partial charge in [-0.1, -0.05) is 31.5 Å². The summed E-state index contributed by atoms with van der Waals surface area (Å²) in [6.45, 7) is 6.44. The number of carbonyl (C=O) groups excluding carboxylic acids is 1. The van der Waals surface area contributed by atoms with E-state index in [0.717, 1.165) is 11.3 Å². The van der Waals surface area contributed by atoms with Gasteiger partial charge in [0.05, 0.1) is 7.11 Å². The molecule has 94 valence electrons. The maximum Gasteiger partial charge on any atom is 0.225 e. The summed E-state index contributed by atoms with van der Waals surface area (Å²) >= 11 is 0. The molecular weight excluding hydrogens is 214 g/mol. The van der Waals surface area contributed by atoms with E-state index in [1.54, 1.807) is 12.0 Å². The standard InChI is InChI=1S/C14H21NO2/c1-10(2)14(16)15(4)9-12-8-11(3)6-7-13(12)17-5/h6-8,10H,9H2,1-5H3.